The Labute approximate surface area is 330 Å². The number of rotatable bonds is 15. The number of carbonyl (C=O) groups excluding carboxylic acids is 4. The summed E-state index contributed by atoms with van der Waals surface area (Å²) in [6.45, 7) is 8.79. The van der Waals surface area contributed by atoms with E-state index in [9.17, 15) is 34.5 Å². The minimum Gasteiger partial charge on any atom is -0.393 e. The van der Waals surface area contributed by atoms with Crippen LogP contribution >= 0.6 is 11.8 Å². The predicted molar refractivity (Wildman–Crippen MR) is 210 cm³/mol. The Bertz CT molecular complexity index is 1640. The van der Waals surface area contributed by atoms with Crippen LogP contribution in [0, 0.1) is 64.6 Å². The summed E-state index contributed by atoms with van der Waals surface area (Å²) in [7, 11) is 0. The third-order valence-corrected chi connectivity index (χ3v) is 16.7. The molecule has 4 saturated carbocycles. The van der Waals surface area contributed by atoms with Crippen LogP contribution in [0.5, 0.6) is 0 Å². The number of nitrogens with zero attached hydrogens (tertiary/aromatic N) is 4. The first-order valence-corrected chi connectivity index (χ1v) is 21.7. The average molecular weight is 780 g/mol. The molecule has 12 nitrogen and oxygen atoms in total. The summed E-state index contributed by atoms with van der Waals surface area (Å²) < 4.78 is 0. The molecule has 1 saturated heterocycles. The highest BCUT2D eigenvalue weighted by molar-refractivity contribution is 8.00. The van der Waals surface area contributed by atoms with Crippen LogP contribution in [-0.4, -0.2) is 85.6 Å². The molecule has 13 heteroatoms. The molecule has 4 N–H and O–H groups in total. The number of azide groups is 1. The van der Waals surface area contributed by atoms with Gasteiger partial charge in [0, 0.05) is 49.3 Å². The van der Waals surface area contributed by atoms with Gasteiger partial charge in [-0.1, -0.05) is 25.9 Å². The standard InChI is InChI=1S/C42H61N5O7S/c1-6-8-25(17-27(48)9-7-16-44-46-43)18-33(51)38-24(3)22-55-40-37(39(54)47(38)40)45-35(53)13-10-23(2)29-11-12-30-36-31(21-34(52)42(29,30)5)41(4)15-14-28(49)19-26(41)20-32(36)50/h1,23,25-26,28-32,34,36-37,40,49-50,52H,7-22H2,2-5H3,(H,45,53)/t23-,25?,26+,28-,29-,30+,31+,32-,34+,36+,37?,40?,41+,42-/m1/s1. The number of fused-ring (bicyclic) bond motifs is 6. The maximum absolute atomic E-state index is 13.7. The molecular formula is C42H61N5O7S. The third kappa shape index (κ3) is 7.88. The first kappa shape index (κ1) is 41.7. The summed E-state index contributed by atoms with van der Waals surface area (Å²) >= 11 is 1.52. The van der Waals surface area contributed by atoms with Gasteiger partial charge in [0.2, 0.25) is 5.91 Å². The molecule has 2 amide bonds. The largest absolute Gasteiger partial charge is 0.393 e. The van der Waals surface area contributed by atoms with Crippen LogP contribution in [0.2, 0.25) is 0 Å². The van der Waals surface area contributed by atoms with Crippen molar-refractivity contribution in [2.45, 2.75) is 147 Å². The van der Waals surface area contributed by atoms with Crippen LogP contribution in [-0.2, 0) is 19.2 Å². The molecule has 6 rings (SSSR count). The number of terminal acetylenes is 1. The van der Waals surface area contributed by atoms with Gasteiger partial charge in [0.05, 0.1) is 24.0 Å². The van der Waals surface area contributed by atoms with Crippen LogP contribution in [0.15, 0.2) is 16.4 Å². The number of β-lactam (4-membered cyclic amide) rings is 1. The normalized spacial score (nSPS) is 38.9. The zero-order valence-electron chi connectivity index (χ0n) is 33.0. The maximum Gasteiger partial charge on any atom is 0.253 e. The first-order chi connectivity index (χ1) is 26.1. The van der Waals surface area contributed by atoms with E-state index in [1.807, 2.05) is 6.92 Å². The molecule has 5 fully saturated rings. The van der Waals surface area contributed by atoms with E-state index in [1.165, 1.54) is 16.7 Å². The van der Waals surface area contributed by atoms with Crippen LogP contribution in [0.1, 0.15) is 118 Å². The summed E-state index contributed by atoms with van der Waals surface area (Å²) in [6, 6.07) is -0.729. The van der Waals surface area contributed by atoms with Gasteiger partial charge >= 0.3 is 0 Å². The van der Waals surface area contributed by atoms with Crippen molar-refractivity contribution in [2.75, 3.05) is 12.3 Å². The molecule has 0 aromatic carbocycles. The van der Waals surface area contributed by atoms with Crippen molar-refractivity contribution in [3.63, 3.8) is 0 Å². The van der Waals surface area contributed by atoms with Gasteiger partial charge in [-0.2, -0.15) is 0 Å². The molecule has 6 aliphatic rings. The van der Waals surface area contributed by atoms with Crippen LogP contribution in [0.3, 0.4) is 0 Å². The van der Waals surface area contributed by atoms with E-state index in [0.717, 1.165) is 44.1 Å². The molecule has 302 valence electrons. The van der Waals surface area contributed by atoms with E-state index < -0.39 is 18.2 Å². The summed E-state index contributed by atoms with van der Waals surface area (Å²) in [5.41, 5.74) is 9.24. The Balaban J connectivity index is 1.03. The number of carbonyl (C=O) groups is 4. The fraction of sp³-hybridized carbons (Fsp3) is 0.810. The summed E-state index contributed by atoms with van der Waals surface area (Å²) in [5, 5.41) is 40.0. The molecule has 14 atom stereocenters. The van der Waals surface area contributed by atoms with Crippen LogP contribution < -0.4 is 5.32 Å². The molecule has 0 radical (unpaired) electrons. The van der Waals surface area contributed by atoms with Crippen molar-refractivity contribution in [1.29, 1.82) is 0 Å². The smallest absolute Gasteiger partial charge is 0.253 e. The molecule has 0 bridgehead atoms. The summed E-state index contributed by atoms with van der Waals surface area (Å²) in [4.78, 5) is 57.4. The fourth-order valence-corrected chi connectivity index (χ4v) is 13.6. The third-order valence-electron chi connectivity index (χ3n) is 15.3. The number of nitrogens with one attached hydrogen (secondary N) is 1. The summed E-state index contributed by atoms with van der Waals surface area (Å²) in [5.74, 6) is 3.14. The van der Waals surface area contributed by atoms with Gasteiger partial charge in [0.15, 0.2) is 5.78 Å². The van der Waals surface area contributed by atoms with Gasteiger partial charge in [-0.15, -0.1) is 24.1 Å². The minimum atomic E-state index is -0.729. The van der Waals surface area contributed by atoms with Crippen molar-refractivity contribution in [2.24, 2.45) is 57.4 Å². The van der Waals surface area contributed by atoms with Crippen LogP contribution in [0.25, 0.3) is 10.4 Å². The molecule has 2 heterocycles. The second-order valence-electron chi connectivity index (χ2n) is 18.3. The number of aliphatic hydroxyl groups is 3. The van der Waals surface area contributed by atoms with Gasteiger partial charge in [0.1, 0.15) is 17.2 Å². The number of aliphatic hydroxyl groups excluding tert-OH is 3. The van der Waals surface area contributed by atoms with Gasteiger partial charge < -0.3 is 20.6 Å². The number of thioether (sulfide) groups is 1. The highest BCUT2D eigenvalue weighted by Gasteiger charge is 2.65. The molecule has 55 heavy (non-hydrogen) atoms. The van der Waals surface area contributed by atoms with E-state index in [2.05, 4.69) is 42.0 Å². The predicted octanol–water partition coefficient (Wildman–Crippen LogP) is 5.69. The Hall–Kier alpha value is -2.88. The Morgan fingerprint density at radius 1 is 1.11 bits per heavy atom. The zero-order chi connectivity index (χ0) is 39.8. The molecule has 4 aliphatic carbocycles. The number of ketones is 2. The topological polar surface area (TPSA) is 193 Å². The number of amides is 2. The lowest BCUT2D eigenvalue weighted by molar-refractivity contribution is -0.207. The zero-order valence-corrected chi connectivity index (χ0v) is 33.8. The van der Waals surface area contributed by atoms with E-state index >= 15 is 0 Å². The van der Waals surface area contributed by atoms with E-state index in [0.29, 0.717) is 30.7 Å². The highest BCUT2D eigenvalue weighted by Crippen LogP contribution is 2.68. The van der Waals surface area contributed by atoms with Gasteiger partial charge in [0.25, 0.3) is 5.91 Å². The SMILES string of the molecule is C#CCC(CC(=O)CCCN=[N+]=[N-])CC(=O)C1=C(C)CSC2C(NC(=O)CC[C@@H](C)[C@H]3CC[C@H]4[C@@H]5[C@H](O)C[C@@H]6C[C@H](O)CC[C@]6(C)[C@H]5C[C@H](O)[C@]34C)C(=O)N12. The minimum absolute atomic E-state index is 0.0159. The van der Waals surface area contributed by atoms with Crippen molar-refractivity contribution >= 4 is 35.1 Å². The number of allylic oxidation sites excluding steroid dienone is 1. The summed E-state index contributed by atoms with van der Waals surface area (Å²) in [6.07, 6.45) is 12.0. The van der Waals surface area contributed by atoms with Crippen LogP contribution in [0.4, 0.5) is 0 Å². The number of hydrogen-bond acceptors (Lipinski definition) is 9. The van der Waals surface area contributed by atoms with E-state index in [4.69, 9.17) is 12.0 Å². The van der Waals surface area contributed by atoms with Crippen molar-refractivity contribution in [3.8, 4) is 12.3 Å². The molecule has 2 aliphatic heterocycles. The molecule has 0 spiro atoms. The van der Waals surface area contributed by atoms with Crippen molar-refractivity contribution < 1.29 is 34.5 Å². The Morgan fingerprint density at radius 3 is 2.60 bits per heavy atom. The van der Waals surface area contributed by atoms with Crippen molar-refractivity contribution in [3.05, 3.63) is 21.7 Å². The molecular weight excluding hydrogens is 719 g/mol. The number of Topliss-reactive ketones (excluding diaryl/α,β-unsaturated/α-hetero) is 2. The molecule has 0 aromatic rings. The second kappa shape index (κ2) is 16.9. The van der Waals surface area contributed by atoms with Gasteiger partial charge in [-0.3, -0.25) is 24.1 Å². The first-order valence-electron chi connectivity index (χ1n) is 20.6. The van der Waals surface area contributed by atoms with E-state index in [1.54, 1.807) is 0 Å². The van der Waals surface area contributed by atoms with Crippen molar-refractivity contribution in [1.82, 2.24) is 10.2 Å². The fourth-order valence-electron chi connectivity index (χ4n) is 12.4. The highest BCUT2D eigenvalue weighted by atomic mass is 32.2. The Kier molecular flexibility index (Phi) is 12.8. The van der Waals surface area contributed by atoms with Gasteiger partial charge in [-0.05, 0) is 128 Å². The monoisotopic (exact) mass is 779 g/mol. The van der Waals surface area contributed by atoms with E-state index in [-0.39, 0.29) is 126 Å². The lowest BCUT2D eigenvalue weighted by Crippen LogP contribution is -2.70. The number of hydrogen-bond donors (Lipinski definition) is 4. The molecule has 3 unspecified atom stereocenters. The Morgan fingerprint density at radius 2 is 1.87 bits per heavy atom. The van der Waals surface area contributed by atoms with Gasteiger partial charge in [-0.25, -0.2) is 0 Å². The quantitative estimate of drug-likeness (QED) is 0.0407. The molecule has 0 aromatic heterocycles. The second-order valence-corrected chi connectivity index (χ2v) is 19.4. The lowest BCUT2D eigenvalue weighted by atomic mass is 9.43. The lowest BCUT2D eigenvalue weighted by Gasteiger charge is -2.63. The average Bonchev–Trinajstić information content (AvgIpc) is 3.50. The maximum atomic E-state index is 13.7.